The van der Waals surface area contributed by atoms with E-state index in [0.29, 0.717) is 18.7 Å². The van der Waals surface area contributed by atoms with E-state index in [1.54, 1.807) is 12.4 Å². The molecule has 2 rings (SSSR count). The highest BCUT2D eigenvalue weighted by Gasteiger charge is 2.62. The fraction of sp³-hybridized carbons (Fsp3) is 0.706. The van der Waals surface area contributed by atoms with Gasteiger partial charge in [-0.1, -0.05) is 34.6 Å². The van der Waals surface area contributed by atoms with E-state index in [1.807, 2.05) is 41.5 Å². The zero-order valence-electron chi connectivity index (χ0n) is 14.9. The lowest BCUT2D eigenvalue weighted by Gasteiger charge is -2.57. The number of anilines is 1. The number of nitrogens with two attached hydrogens (primary N) is 1. The Bertz CT molecular complexity index is 577. The van der Waals surface area contributed by atoms with Gasteiger partial charge in [-0.2, -0.15) is 0 Å². The van der Waals surface area contributed by atoms with Gasteiger partial charge in [0.15, 0.2) is 0 Å². The first-order valence-electron chi connectivity index (χ1n) is 8.07. The van der Waals surface area contributed by atoms with E-state index < -0.39 is 11.0 Å². The third kappa shape index (κ3) is 3.10. The average Bonchev–Trinajstić information content (AvgIpc) is 2.46. The van der Waals surface area contributed by atoms with Crippen molar-refractivity contribution >= 4 is 11.6 Å². The summed E-state index contributed by atoms with van der Waals surface area (Å²) >= 11 is 0. The molecule has 0 bridgehead atoms. The standard InChI is InChI=1S/C17H28N4O2/c1-7-23-12-8-17(18,16(12,5)6)14(22)21-11-9-19-13(20-10-11)15(2,3)4/h9-10,12H,7-8,18H2,1-6H3,(H,21,22). The molecule has 0 spiro atoms. The Balaban J connectivity index is 2.08. The highest BCUT2D eigenvalue weighted by Crippen LogP contribution is 2.50. The van der Waals surface area contributed by atoms with Gasteiger partial charge in [-0.25, -0.2) is 9.97 Å². The quantitative estimate of drug-likeness (QED) is 0.888. The number of aromatic nitrogens is 2. The molecular formula is C17H28N4O2. The second kappa shape index (κ2) is 5.83. The van der Waals surface area contributed by atoms with Crippen molar-refractivity contribution in [3.8, 4) is 0 Å². The molecule has 128 valence electrons. The van der Waals surface area contributed by atoms with Gasteiger partial charge in [-0.3, -0.25) is 4.79 Å². The Hall–Kier alpha value is -1.53. The van der Waals surface area contributed by atoms with Crippen LogP contribution < -0.4 is 11.1 Å². The van der Waals surface area contributed by atoms with Gasteiger partial charge in [0.1, 0.15) is 11.4 Å². The van der Waals surface area contributed by atoms with E-state index in [0.717, 1.165) is 5.82 Å². The number of rotatable bonds is 4. The molecule has 0 aromatic carbocycles. The second-order valence-electron chi connectivity index (χ2n) is 7.84. The van der Waals surface area contributed by atoms with Crippen LogP contribution in [0.2, 0.25) is 0 Å². The van der Waals surface area contributed by atoms with E-state index in [-0.39, 0.29) is 17.4 Å². The minimum atomic E-state index is -0.949. The molecule has 2 unspecified atom stereocenters. The monoisotopic (exact) mass is 320 g/mol. The van der Waals surface area contributed by atoms with Crippen LogP contribution in [0, 0.1) is 5.41 Å². The van der Waals surface area contributed by atoms with Crippen LogP contribution in [0.15, 0.2) is 12.4 Å². The lowest BCUT2D eigenvalue weighted by molar-refractivity contribution is -0.166. The van der Waals surface area contributed by atoms with Gasteiger partial charge in [0.05, 0.1) is 24.2 Å². The number of nitrogens with zero attached hydrogens (tertiary/aromatic N) is 2. The summed E-state index contributed by atoms with van der Waals surface area (Å²) in [4.78, 5) is 21.3. The zero-order valence-corrected chi connectivity index (χ0v) is 14.9. The number of hydrogen-bond acceptors (Lipinski definition) is 5. The van der Waals surface area contributed by atoms with Crippen LogP contribution in [0.25, 0.3) is 0 Å². The molecule has 1 fully saturated rings. The molecule has 1 saturated carbocycles. The van der Waals surface area contributed by atoms with Gasteiger partial charge in [0.25, 0.3) is 0 Å². The van der Waals surface area contributed by atoms with Gasteiger partial charge >= 0.3 is 0 Å². The van der Waals surface area contributed by atoms with Crippen LogP contribution >= 0.6 is 0 Å². The Labute approximate surface area is 138 Å². The Morgan fingerprint density at radius 3 is 2.39 bits per heavy atom. The molecule has 1 aliphatic rings. The first kappa shape index (κ1) is 17.8. The zero-order chi connectivity index (χ0) is 17.5. The maximum absolute atomic E-state index is 12.6. The van der Waals surface area contributed by atoms with Crippen molar-refractivity contribution in [1.29, 1.82) is 0 Å². The fourth-order valence-corrected chi connectivity index (χ4v) is 2.84. The van der Waals surface area contributed by atoms with Gasteiger partial charge in [-0.15, -0.1) is 0 Å². The maximum atomic E-state index is 12.6. The van der Waals surface area contributed by atoms with Crippen LogP contribution in [-0.4, -0.2) is 34.1 Å². The summed E-state index contributed by atoms with van der Waals surface area (Å²) in [5.41, 5.74) is 5.42. The molecule has 6 heteroatoms. The normalized spacial score (nSPS) is 26.5. The molecule has 1 aliphatic carbocycles. The Kier molecular flexibility index (Phi) is 4.52. The summed E-state index contributed by atoms with van der Waals surface area (Å²) in [5.74, 6) is 0.518. The average molecular weight is 320 g/mol. The smallest absolute Gasteiger partial charge is 0.245 e. The third-order valence-electron chi connectivity index (χ3n) is 4.82. The molecule has 6 nitrogen and oxygen atoms in total. The van der Waals surface area contributed by atoms with E-state index >= 15 is 0 Å². The highest BCUT2D eigenvalue weighted by molar-refractivity contribution is 5.99. The van der Waals surface area contributed by atoms with Crippen molar-refractivity contribution in [3.63, 3.8) is 0 Å². The van der Waals surface area contributed by atoms with Crippen molar-refractivity contribution in [2.24, 2.45) is 11.1 Å². The number of ether oxygens (including phenoxy) is 1. The van der Waals surface area contributed by atoms with Crippen LogP contribution in [0.3, 0.4) is 0 Å². The summed E-state index contributed by atoms with van der Waals surface area (Å²) in [6, 6.07) is 0. The first-order chi connectivity index (χ1) is 10.5. The summed E-state index contributed by atoms with van der Waals surface area (Å²) in [6.07, 6.45) is 3.77. The van der Waals surface area contributed by atoms with Crippen LogP contribution in [-0.2, 0) is 14.9 Å². The minimum Gasteiger partial charge on any atom is -0.378 e. The van der Waals surface area contributed by atoms with Gasteiger partial charge in [0, 0.05) is 23.9 Å². The van der Waals surface area contributed by atoms with Gasteiger partial charge in [-0.05, 0) is 6.92 Å². The first-order valence-corrected chi connectivity index (χ1v) is 8.07. The number of nitrogens with one attached hydrogen (secondary N) is 1. The summed E-state index contributed by atoms with van der Waals surface area (Å²) in [6.45, 7) is 12.6. The molecular weight excluding hydrogens is 292 g/mol. The van der Waals surface area contributed by atoms with Crippen molar-refractivity contribution in [2.75, 3.05) is 11.9 Å². The van der Waals surface area contributed by atoms with Crippen molar-refractivity contribution in [1.82, 2.24) is 9.97 Å². The minimum absolute atomic E-state index is 0.00256. The maximum Gasteiger partial charge on any atom is 0.245 e. The van der Waals surface area contributed by atoms with Crippen molar-refractivity contribution in [2.45, 2.75) is 65.0 Å². The largest absolute Gasteiger partial charge is 0.378 e. The Morgan fingerprint density at radius 1 is 1.39 bits per heavy atom. The van der Waals surface area contributed by atoms with Gasteiger partial charge < -0.3 is 15.8 Å². The SMILES string of the molecule is CCOC1CC(N)(C(=O)Nc2cnc(C(C)(C)C)nc2)C1(C)C. The number of amides is 1. The van der Waals surface area contributed by atoms with Gasteiger partial charge in [0.2, 0.25) is 5.91 Å². The summed E-state index contributed by atoms with van der Waals surface area (Å²) in [5, 5.41) is 2.84. The number of carbonyl (C=O) groups is 1. The predicted octanol–water partition coefficient (Wildman–Crippen LogP) is 2.25. The van der Waals surface area contributed by atoms with Crippen LogP contribution in [0.5, 0.6) is 0 Å². The van der Waals surface area contributed by atoms with Crippen molar-refractivity contribution in [3.05, 3.63) is 18.2 Å². The molecule has 1 amide bonds. The molecule has 2 atom stereocenters. The fourth-order valence-electron chi connectivity index (χ4n) is 2.84. The second-order valence-corrected chi connectivity index (χ2v) is 7.84. The molecule has 0 radical (unpaired) electrons. The van der Waals surface area contributed by atoms with E-state index in [1.165, 1.54) is 0 Å². The molecule has 1 aromatic rings. The molecule has 3 N–H and O–H groups in total. The lowest BCUT2D eigenvalue weighted by Crippen LogP contribution is -2.74. The molecule has 0 aliphatic heterocycles. The summed E-state index contributed by atoms with van der Waals surface area (Å²) in [7, 11) is 0. The Morgan fingerprint density at radius 2 is 1.96 bits per heavy atom. The number of carbonyl (C=O) groups excluding carboxylic acids is 1. The van der Waals surface area contributed by atoms with E-state index in [9.17, 15) is 4.79 Å². The highest BCUT2D eigenvalue weighted by atomic mass is 16.5. The lowest BCUT2D eigenvalue weighted by atomic mass is 9.54. The summed E-state index contributed by atoms with van der Waals surface area (Å²) < 4.78 is 5.66. The topological polar surface area (TPSA) is 90.1 Å². The number of hydrogen-bond donors (Lipinski definition) is 2. The molecule has 0 saturated heterocycles. The van der Waals surface area contributed by atoms with E-state index in [2.05, 4.69) is 15.3 Å². The molecule has 1 aromatic heterocycles. The third-order valence-corrected chi connectivity index (χ3v) is 4.82. The van der Waals surface area contributed by atoms with Crippen LogP contribution in [0.4, 0.5) is 5.69 Å². The van der Waals surface area contributed by atoms with Crippen LogP contribution in [0.1, 0.15) is 53.8 Å². The van der Waals surface area contributed by atoms with Crippen molar-refractivity contribution < 1.29 is 9.53 Å². The molecule has 23 heavy (non-hydrogen) atoms. The predicted molar refractivity (Wildman–Crippen MR) is 90.1 cm³/mol. The molecule has 1 heterocycles. The van der Waals surface area contributed by atoms with E-state index in [4.69, 9.17) is 10.5 Å².